The Hall–Kier alpha value is -1.96. The van der Waals surface area contributed by atoms with Crippen LogP contribution < -0.4 is 11.1 Å². The topological polar surface area (TPSA) is 86.6 Å². The number of nitrogens with two attached hydrogens (primary N) is 1. The molecule has 1 fully saturated rings. The van der Waals surface area contributed by atoms with Crippen molar-refractivity contribution in [1.29, 1.82) is 0 Å². The van der Waals surface area contributed by atoms with E-state index in [2.05, 4.69) is 20.7 Å². The first kappa shape index (κ1) is 14.0. The molecule has 8 heteroatoms. The van der Waals surface area contributed by atoms with Gasteiger partial charge in [-0.25, -0.2) is 9.07 Å². The molecule has 2 aromatic heterocycles. The third-order valence-electron chi connectivity index (χ3n) is 3.97. The van der Waals surface area contributed by atoms with Crippen molar-refractivity contribution in [3.8, 4) is 11.4 Å². The fourth-order valence-electron chi connectivity index (χ4n) is 2.65. The van der Waals surface area contributed by atoms with E-state index < -0.39 is 6.17 Å². The number of hydrogen-bond acceptors (Lipinski definition) is 5. The lowest BCUT2D eigenvalue weighted by atomic mass is 9.93. The lowest BCUT2D eigenvalue weighted by molar-refractivity contribution is 0.162. The highest BCUT2D eigenvalue weighted by Gasteiger charge is 2.24. The molecule has 1 aliphatic heterocycles. The molecule has 0 aromatic carbocycles. The Morgan fingerprint density at radius 2 is 2.19 bits per heavy atom. The second kappa shape index (κ2) is 5.80. The predicted octanol–water partition coefficient (Wildman–Crippen LogP) is 0.598. The van der Waals surface area contributed by atoms with Gasteiger partial charge in [0.25, 0.3) is 0 Å². The highest BCUT2D eigenvalue weighted by atomic mass is 19.1. The Morgan fingerprint density at radius 3 is 2.86 bits per heavy atom. The summed E-state index contributed by atoms with van der Waals surface area (Å²) in [4.78, 5) is 0. The lowest BCUT2D eigenvalue weighted by Crippen LogP contribution is -2.34. The van der Waals surface area contributed by atoms with E-state index in [-0.39, 0.29) is 12.5 Å². The zero-order valence-corrected chi connectivity index (χ0v) is 12.0. The Balaban J connectivity index is 1.67. The molecule has 0 amide bonds. The Bertz CT molecular complexity index is 580. The van der Waals surface area contributed by atoms with E-state index in [0.29, 0.717) is 17.2 Å². The predicted molar refractivity (Wildman–Crippen MR) is 77.1 cm³/mol. The summed E-state index contributed by atoms with van der Waals surface area (Å²) in [5, 5.41) is 15.5. The van der Waals surface area contributed by atoms with Crippen molar-refractivity contribution >= 4 is 5.82 Å². The van der Waals surface area contributed by atoms with Crippen molar-refractivity contribution in [2.75, 3.05) is 18.8 Å². The zero-order valence-electron chi connectivity index (χ0n) is 12.0. The Labute approximate surface area is 122 Å². The third kappa shape index (κ3) is 3.05. The average molecular weight is 293 g/mol. The summed E-state index contributed by atoms with van der Waals surface area (Å²) in [5.74, 6) is 0.655. The zero-order chi connectivity index (χ0) is 14.8. The molecule has 114 valence electrons. The van der Waals surface area contributed by atoms with E-state index >= 15 is 0 Å². The Morgan fingerprint density at radius 1 is 1.43 bits per heavy atom. The molecule has 3 heterocycles. The van der Waals surface area contributed by atoms with Gasteiger partial charge in [0, 0.05) is 13.1 Å². The standard InChI is InChI=1S/C13H20FN7/c1-20-13(15)6-11(18-20)12-8-21(19-17-12)7-10(14)9-2-4-16-5-3-9/h6,8-10,16H,2-5,7,15H2,1H3. The first-order valence-corrected chi connectivity index (χ1v) is 7.18. The van der Waals surface area contributed by atoms with Gasteiger partial charge in [-0.05, 0) is 31.8 Å². The van der Waals surface area contributed by atoms with Crippen LogP contribution in [0.25, 0.3) is 11.4 Å². The van der Waals surface area contributed by atoms with Gasteiger partial charge in [0.05, 0.1) is 12.7 Å². The van der Waals surface area contributed by atoms with E-state index in [1.165, 1.54) is 0 Å². The second-order valence-corrected chi connectivity index (χ2v) is 5.51. The molecule has 3 rings (SSSR count). The smallest absolute Gasteiger partial charge is 0.133 e. The molecule has 2 aromatic rings. The van der Waals surface area contributed by atoms with Gasteiger partial charge in [0.2, 0.25) is 0 Å². The molecule has 1 atom stereocenters. The molecule has 0 bridgehead atoms. The molecule has 1 aliphatic rings. The SMILES string of the molecule is Cn1nc(-c2cn(CC(F)C3CCNCC3)nn2)cc1N. The number of piperidine rings is 1. The average Bonchev–Trinajstić information content (AvgIpc) is 3.07. The van der Waals surface area contributed by atoms with Crippen molar-refractivity contribution in [3.05, 3.63) is 12.3 Å². The van der Waals surface area contributed by atoms with E-state index in [1.54, 1.807) is 28.7 Å². The molecule has 21 heavy (non-hydrogen) atoms. The van der Waals surface area contributed by atoms with Gasteiger partial charge in [-0.2, -0.15) is 5.10 Å². The number of nitrogen functional groups attached to an aromatic ring is 1. The number of nitrogens with zero attached hydrogens (tertiary/aromatic N) is 5. The molecular formula is C13H20FN7. The van der Waals surface area contributed by atoms with Gasteiger partial charge in [-0.3, -0.25) is 4.68 Å². The van der Waals surface area contributed by atoms with Gasteiger partial charge < -0.3 is 11.1 Å². The summed E-state index contributed by atoms with van der Waals surface area (Å²) in [6.45, 7) is 2.02. The van der Waals surface area contributed by atoms with Crippen molar-refractivity contribution < 1.29 is 4.39 Å². The summed E-state index contributed by atoms with van der Waals surface area (Å²) >= 11 is 0. The summed E-state index contributed by atoms with van der Waals surface area (Å²) in [5.41, 5.74) is 7.00. The van der Waals surface area contributed by atoms with Crippen molar-refractivity contribution in [1.82, 2.24) is 30.1 Å². The number of aryl methyl sites for hydroxylation is 1. The number of alkyl halides is 1. The van der Waals surface area contributed by atoms with Crippen LogP contribution in [0.2, 0.25) is 0 Å². The fourth-order valence-corrected chi connectivity index (χ4v) is 2.65. The van der Waals surface area contributed by atoms with E-state index in [9.17, 15) is 4.39 Å². The van der Waals surface area contributed by atoms with Crippen LogP contribution in [-0.4, -0.2) is 44.0 Å². The monoisotopic (exact) mass is 293 g/mol. The van der Waals surface area contributed by atoms with Crippen LogP contribution in [0.5, 0.6) is 0 Å². The van der Waals surface area contributed by atoms with Gasteiger partial charge in [0.1, 0.15) is 23.4 Å². The molecule has 0 radical (unpaired) electrons. The minimum absolute atomic E-state index is 0.101. The normalized spacial score (nSPS) is 18.0. The second-order valence-electron chi connectivity index (χ2n) is 5.51. The summed E-state index contributed by atoms with van der Waals surface area (Å²) in [7, 11) is 1.76. The van der Waals surface area contributed by atoms with E-state index in [4.69, 9.17) is 5.73 Å². The molecular weight excluding hydrogens is 273 g/mol. The molecule has 0 aliphatic carbocycles. The van der Waals surface area contributed by atoms with Crippen LogP contribution in [0.1, 0.15) is 12.8 Å². The number of aromatic nitrogens is 5. The molecule has 1 unspecified atom stereocenters. The number of rotatable bonds is 4. The Kier molecular flexibility index (Phi) is 3.87. The maximum atomic E-state index is 14.3. The van der Waals surface area contributed by atoms with Gasteiger partial charge in [0.15, 0.2) is 0 Å². The van der Waals surface area contributed by atoms with Crippen LogP contribution in [0.3, 0.4) is 0 Å². The molecule has 0 spiro atoms. The number of anilines is 1. The van der Waals surface area contributed by atoms with Crippen LogP contribution in [0, 0.1) is 5.92 Å². The first-order valence-electron chi connectivity index (χ1n) is 7.18. The maximum Gasteiger partial charge on any atom is 0.133 e. The summed E-state index contributed by atoms with van der Waals surface area (Å²) in [6.07, 6.45) is 2.57. The largest absolute Gasteiger partial charge is 0.384 e. The van der Waals surface area contributed by atoms with Crippen molar-refractivity contribution in [2.24, 2.45) is 13.0 Å². The fraction of sp³-hybridized carbons (Fsp3) is 0.615. The quantitative estimate of drug-likeness (QED) is 0.862. The summed E-state index contributed by atoms with van der Waals surface area (Å²) < 4.78 is 17.4. The van der Waals surface area contributed by atoms with Crippen LogP contribution in [-0.2, 0) is 13.6 Å². The van der Waals surface area contributed by atoms with E-state index in [0.717, 1.165) is 25.9 Å². The van der Waals surface area contributed by atoms with Gasteiger partial charge in [-0.15, -0.1) is 5.10 Å². The minimum atomic E-state index is -0.893. The highest BCUT2D eigenvalue weighted by molar-refractivity contribution is 5.56. The first-order chi connectivity index (χ1) is 10.1. The molecule has 3 N–H and O–H groups in total. The maximum absolute atomic E-state index is 14.3. The van der Waals surface area contributed by atoms with Crippen LogP contribution in [0.4, 0.5) is 10.2 Å². The number of halogens is 1. The third-order valence-corrected chi connectivity index (χ3v) is 3.97. The summed E-state index contributed by atoms with van der Waals surface area (Å²) in [6, 6.07) is 1.73. The van der Waals surface area contributed by atoms with Crippen LogP contribution >= 0.6 is 0 Å². The van der Waals surface area contributed by atoms with Crippen molar-refractivity contribution in [2.45, 2.75) is 25.6 Å². The molecule has 0 saturated carbocycles. The van der Waals surface area contributed by atoms with Gasteiger partial charge >= 0.3 is 0 Å². The lowest BCUT2D eigenvalue weighted by Gasteiger charge is -2.25. The molecule has 7 nitrogen and oxygen atoms in total. The van der Waals surface area contributed by atoms with Crippen LogP contribution in [0.15, 0.2) is 12.3 Å². The highest BCUT2D eigenvalue weighted by Crippen LogP contribution is 2.21. The number of hydrogen-bond donors (Lipinski definition) is 2. The minimum Gasteiger partial charge on any atom is -0.384 e. The van der Waals surface area contributed by atoms with E-state index in [1.807, 2.05) is 0 Å². The van der Waals surface area contributed by atoms with Gasteiger partial charge in [-0.1, -0.05) is 5.21 Å². The molecule has 1 saturated heterocycles. The number of nitrogens with one attached hydrogen (secondary N) is 1. The van der Waals surface area contributed by atoms with Crippen molar-refractivity contribution in [3.63, 3.8) is 0 Å².